The van der Waals surface area contributed by atoms with Crippen LogP contribution < -0.4 is 9.47 Å². The second-order valence-corrected chi connectivity index (χ2v) is 9.65. The number of halogens is 1. The molecule has 0 spiro atoms. The number of carbonyl (C=O) groups is 3. The summed E-state index contributed by atoms with van der Waals surface area (Å²) < 4.78 is 12.0. The molecule has 1 N–H and O–H groups in total. The number of rotatable bonds is 9. The summed E-state index contributed by atoms with van der Waals surface area (Å²) in [7, 11) is 0. The average molecular weight is 534 g/mol. The van der Waals surface area contributed by atoms with Crippen LogP contribution in [-0.4, -0.2) is 46.9 Å². The van der Waals surface area contributed by atoms with Crippen molar-refractivity contribution in [2.24, 2.45) is 0 Å². The van der Waals surface area contributed by atoms with Crippen molar-refractivity contribution >= 4 is 50.9 Å². The lowest BCUT2D eigenvalue weighted by Crippen LogP contribution is -2.32. The summed E-state index contributed by atoms with van der Waals surface area (Å²) in [6, 6.07) is 11.0. The maximum Gasteiger partial charge on any atom is 0.341 e. The monoisotopic (exact) mass is 533 g/mol. The lowest BCUT2D eigenvalue weighted by atomic mass is 10.0. The van der Waals surface area contributed by atoms with E-state index >= 15 is 0 Å². The van der Waals surface area contributed by atoms with E-state index in [1.807, 2.05) is 25.1 Å². The zero-order valence-corrected chi connectivity index (χ0v) is 20.9. The van der Waals surface area contributed by atoms with Gasteiger partial charge in [0.2, 0.25) is 0 Å². The van der Waals surface area contributed by atoms with Gasteiger partial charge in [-0.2, -0.15) is 0 Å². The van der Waals surface area contributed by atoms with Gasteiger partial charge in [0.25, 0.3) is 11.1 Å². The third-order valence-electron chi connectivity index (χ3n) is 4.85. The molecule has 0 saturated carbocycles. The van der Waals surface area contributed by atoms with Gasteiger partial charge in [-0.3, -0.25) is 14.5 Å². The van der Waals surface area contributed by atoms with Crippen LogP contribution >= 0.6 is 27.7 Å². The molecule has 7 nitrogen and oxygen atoms in total. The smallest absolute Gasteiger partial charge is 0.341 e. The van der Waals surface area contributed by atoms with Crippen LogP contribution in [0.3, 0.4) is 0 Å². The highest BCUT2D eigenvalue weighted by Gasteiger charge is 2.35. The quantitative estimate of drug-likeness (QED) is 0.427. The van der Waals surface area contributed by atoms with Gasteiger partial charge in [-0.25, -0.2) is 4.79 Å². The topological polar surface area (TPSA) is 93.1 Å². The summed E-state index contributed by atoms with van der Waals surface area (Å²) in [6.45, 7) is 5.92. The SMILES string of the molecule is Cc1ccc(C(C)C)c(OCCN2C(=O)S/C(=C\c3cc(Br)ccc3OCC(=O)O)C2=O)c1. The molecular weight excluding hydrogens is 510 g/mol. The third kappa shape index (κ3) is 6.39. The molecule has 2 amide bonds. The van der Waals surface area contributed by atoms with Gasteiger partial charge in [-0.15, -0.1) is 0 Å². The molecule has 0 radical (unpaired) electrons. The predicted octanol–water partition coefficient (Wildman–Crippen LogP) is 5.46. The zero-order valence-electron chi connectivity index (χ0n) is 18.5. The Bertz CT molecular complexity index is 1110. The number of aliphatic carboxylic acids is 1. The minimum atomic E-state index is -1.11. The predicted molar refractivity (Wildman–Crippen MR) is 131 cm³/mol. The molecule has 0 aromatic heterocycles. The maximum atomic E-state index is 12.9. The van der Waals surface area contributed by atoms with Gasteiger partial charge in [-0.05, 0) is 66.1 Å². The van der Waals surface area contributed by atoms with Crippen molar-refractivity contribution in [1.82, 2.24) is 4.90 Å². The highest BCUT2D eigenvalue weighted by atomic mass is 79.9. The molecule has 0 bridgehead atoms. The van der Waals surface area contributed by atoms with Gasteiger partial charge >= 0.3 is 5.97 Å². The summed E-state index contributed by atoms with van der Waals surface area (Å²) in [5.41, 5.74) is 2.63. The van der Waals surface area contributed by atoms with Gasteiger partial charge in [0.1, 0.15) is 18.1 Å². The molecule has 3 rings (SSSR count). The van der Waals surface area contributed by atoms with E-state index in [2.05, 4.69) is 29.8 Å². The second-order valence-electron chi connectivity index (χ2n) is 7.74. The fourth-order valence-electron chi connectivity index (χ4n) is 3.23. The van der Waals surface area contributed by atoms with Gasteiger partial charge in [-0.1, -0.05) is 41.9 Å². The van der Waals surface area contributed by atoms with E-state index in [9.17, 15) is 14.4 Å². The number of nitrogens with zero attached hydrogens (tertiary/aromatic N) is 1. The number of carboxylic acids is 1. The van der Waals surface area contributed by atoms with Crippen molar-refractivity contribution in [3.05, 3.63) is 62.5 Å². The molecule has 0 unspecified atom stereocenters. The van der Waals surface area contributed by atoms with Gasteiger partial charge in [0.05, 0.1) is 11.4 Å². The third-order valence-corrected chi connectivity index (χ3v) is 6.25. The van der Waals surface area contributed by atoms with Crippen LogP contribution in [0.5, 0.6) is 11.5 Å². The summed E-state index contributed by atoms with van der Waals surface area (Å²) in [4.78, 5) is 37.6. The largest absolute Gasteiger partial charge is 0.491 e. The fourth-order valence-corrected chi connectivity index (χ4v) is 4.46. The van der Waals surface area contributed by atoms with E-state index in [1.165, 1.54) is 6.08 Å². The lowest BCUT2D eigenvalue weighted by Gasteiger charge is -2.17. The van der Waals surface area contributed by atoms with E-state index < -0.39 is 18.5 Å². The number of hydrogen-bond acceptors (Lipinski definition) is 6. The number of aryl methyl sites for hydroxylation is 1. The number of imide groups is 1. The Morgan fingerprint density at radius 2 is 1.91 bits per heavy atom. The van der Waals surface area contributed by atoms with Crippen LogP contribution in [0.2, 0.25) is 0 Å². The number of amides is 2. The number of hydrogen-bond donors (Lipinski definition) is 1. The molecule has 1 aliphatic rings. The first-order valence-corrected chi connectivity index (χ1v) is 11.9. The Morgan fingerprint density at radius 1 is 1.15 bits per heavy atom. The number of ether oxygens (including phenoxy) is 2. The second kappa shape index (κ2) is 10.9. The van der Waals surface area contributed by atoms with E-state index in [4.69, 9.17) is 14.6 Å². The van der Waals surface area contributed by atoms with Gasteiger partial charge in [0.15, 0.2) is 6.61 Å². The van der Waals surface area contributed by atoms with Crippen LogP contribution in [0, 0.1) is 6.92 Å². The molecule has 1 aliphatic heterocycles. The van der Waals surface area contributed by atoms with Gasteiger partial charge < -0.3 is 14.6 Å². The summed E-state index contributed by atoms with van der Waals surface area (Å²) in [6.07, 6.45) is 1.53. The van der Waals surface area contributed by atoms with E-state index in [-0.39, 0.29) is 29.2 Å². The van der Waals surface area contributed by atoms with E-state index in [0.717, 1.165) is 38.0 Å². The van der Waals surface area contributed by atoms with Crippen molar-refractivity contribution < 1.29 is 29.0 Å². The summed E-state index contributed by atoms with van der Waals surface area (Å²) >= 11 is 4.18. The molecule has 2 aromatic rings. The first-order chi connectivity index (χ1) is 15.7. The van der Waals surface area contributed by atoms with Crippen molar-refractivity contribution in [1.29, 1.82) is 0 Å². The summed E-state index contributed by atoms with van der Waals surface area (Å²) in [5, 5.41) is 8.49. The van der Waals surface area contributed by atoms with Crippen molar-refractivity contribution in [3.8, 4) is 11.5 Å². The van der Waals surface area contributed by atoms with Crippen LogP contribution in [-0.2, 0) is 9.59 Å². The molecule has 1 heterocycles. The molecule has 174 valence electrons. The molecule has 0 atom stereocenters. The Morgan fingerprint density at radius 3 is 2.61 bits per heavy atom. The normalized spacial score (nSPS) is 14.9. The Hall–Kier alpha value is -2.78. The molecule has 33 heavy (non-hydrogen) atoms. The van der Waals surface area contributed by atoms with Crippen molar-refractivity contribution in [3.63, 3.8) is 0 Å². The van der Waals surface area contributed by atoms with Crippen LogP contribution in [0.25, 0.3) is 6.08 Å². The first-order valence-electron chi connectivity index (χ1n) is 10.3. The Labute approximate surface area is 204 Å². The standard InChI is InChI=1S/C24H24BrNO6S/c1-14(2)18-6-4-15(3)10-20(18)31-9-8-26-23(29)21(33-24(26)30)12-16-11-17(25)5-7-19(16)32-13-22(27)28/h4-7,10-12,14H,8-9,13H2,1-3H3,(H,27,28)/b21-12-. The molecule has 9 heteroatoms. The molecular formula is C24H24BrNO6S. The zero-order chi connectivity index (χ0) is 24.1. The minimum absolute atomic E-state index is 0.119. The lowest BCUT2D eigenvalue weighted by molar-refractivity contribution is -0.139. The molecule has 0 aliphatic carbocycles. The Balaban J connectivity index is 1.72. The number of thioether (sulfide) groups is 1. The van der Waals surface area contributed by atoms with Crippen LogP contribution in [0.15, 0.2) is 45.8 Å². The maximum absolute atomic E-state index is 12.9. The highest BCUT2D eigenvalue weighted by molar-refractivity contribution is 9.10. The Kier molecular flexibility index (Phi) is 8.20. The molecule has 1 fully saturated rings. The molecule has 1 saturated heterocycles. The van der Waals surface area contributed by atoms with Crippen LogP contribution in [0.1, 0.15) is 36.5 Å². The fraction of sp³-hybridized carbons (Fsp3) is 0.292. The number of benzene rings is 2. The number of carbonyl (C=O) groups excluding carboxylic acids is 2. The summed E-state index contributed by atoms with van der Waals surface area (Å²) in [5.74, 6) is -0.203. The van der Waals surface area contributed by atoms with Gasteiger partial charge in [0, 0.05) is 10.0 Å². The number of carboxylic acid groups (broad SMARTS) is 1. The first kappa shape index (κ1) is 24.9. The molecule has 2 aromatic carbocycles. The van der Waals surface area contributed by atoms with Crippen molar-refractivity contribution in [2.75, 3.05) is 19.8 Å². The average Bonchev–Trinajstić information content (AvgIpc) is 3.00. The van der Waals surface area contributed by atoms with E-state index in [0.29, 0.717) is 11.3 Å². The highest BCUT2D eigenvalue weighted by Crippen LogP contribution is 2.35. The van der Waals surface area contributed by atoms with E-state index in [1.54, 1.807) is 18.2 Å². The minimum Gasteiger partial charge on any atom is -0.491 e. The van der Waals surface area contributed by atoms with Crippen molar-refractivity contribution in [2.45, 2.75) is 26.7 Å². The van der Waals surface area contributed by atoms with Crippen LogP contribution in [0.4, 0.5) is 4.79 Å².